The van der Waals surface area contributed by atoms with E-state index in [2.05, 4.69) is 25.0 Å². The summed E-state index contributed by atoms with van der Waals surface area (Å²) in [5, 5.41) is 1.78. The average molecular weight is 1140 g/mol. The van der Waals surface area contributed by atoms with Gasteiger partial charge in [0.1, 0.15) is 24.5 Å². The number of nitrogens with two attached hydrogens (primary N) is 1. The zero-order valence-electron chi connectivity index (χ0n) is 36.9. The van der Waals surface area contributed by atoms with Crippen molar-refractivity contribution < 1.29 is 69.5 Å². The van der Waals surface area contributed by atoms with Crippen molar-refractivity contribution in [2.45, 2.75) is 30.4 Å². The molecule has 8 aromatic rings. The number of sulfonamides is 1. The van der Waals surface area contributed by atoms with Gasteiger partial charge < -0.3 is 11.1 Å². The van der Waals surface area contributed by atoms with Gasteiger partial charge in [-0.25, -0.2) is 8.42 Å². The minimum atomic E-state index is -5.13. The maximum absolute atomic E-state index is 15.2. The van der Waals surface area contributed by atoms with Crippen LogP contribution in [0.1, 0.15) is 22.3 Å². The monoisotopic (exact) mass is 1140 g/mol. The van der Waals surface area contributed by atoms with Crippen molar-refractivity contribution in [3.05, 3.63) is 130 Å². The fraction of sp³-hybridized carbons (Fsp3) is 0.0238. The molecule has 5 aromatic carbocycles. The molecule has 6 aliphatic heterocycles. The fourth-order valence-corrected chi connectivity index (χ4v) is 14.9. The smallest absolute Gasteiger partial charge is 0.368 e. The second kappa shape index (κ2) is 14.4. The van der Waals surface area contributed by atoms with E-state index in [1.807, 2.05) is 0 Å². The van der Waals surface area contributed by atoms with Crippen LogP contribution in [0.4, 0.5) is 34.9 Å². The lowest BCUT2D eigenvalue weighted by Crippen LogP contribution is -2.71. The van der Waals surface area contributed by atoms with Crippen molar-refractivity contribution in [2.24, 2.45) is 20.0 Å². The molecule has 3 aromatic heterocycles. The number of aliphatic imine (C=N–C) groups is 2. The Morgan fingerprint density at radius 3 is 1.83 bits per heavy atom. The molecule has 6 aliphatic rings. The summed E-state index contributed by atoms with van der Waals surface area (Å²) < 4.78 is 186. The van der Waals surface area contributed by atoms with Crippen LogP contribution in [-0.4, -0.2) is 117 Å². The highest BCUT2D eigenvalue weighted by Crippen LogP contribution is 2.54. The number of rotatable bonds is 9. The molecule has 1 atom stereocenters. The van der Waals surface area contributed by atoms with Gasteiger partial charge in [0.2, 0.25) is 39.8 Å². The van der Waals surface area contributed by atoms with Crippen LogP contribution < -0.4 is 26.7 Å². The third-order valence-corrected chi connectivity index (χ3v) is 18.4. The van der Waals surface area contributed by atoms with E-state index in [0.717, 1.165) is 36.4 Å². The predicted octanol–water partition coefficient (Wildman–Crippen LogP) is 1.66. The fourth-order valence-electron chi connectivity index (χ4n) is 10.7. The first kappa shape index (κ1) is 46.3. The van der Waals surface area contributed by atoms with Crippen LogP contribution in [0.3, 0.4) is 0 Å². The number of nitrogens with zero attached hydrogens (tertiary/aromatic N) is 11. The third-order valence-electron chi connectivity index (χ3n) is 13.2. The first-order valence-corrected chi connectivity index (χ1v) is 29.0. The average Bonchev–Trinajstić information content (AvgIpc) is 4.14. The highest BCUT2D eigenvalue weighted by Gasteiger charge is 2.70. The topological polar surface area (TPSA) is 406 Å². The molecule has 0 radical (unpaired) electrons. The molecule has 8 N–H and O–H groups in total. The van der Waals surface area contributed by atoms with Gasteiger partial charge in [-0.2, -0.15) is 57.8 Å². The van der Waals surface area contributed by atoms with Crippen molar-refractivity contribution >= 4 is 142 Å². The van der Waals surface area contributed by atoms with E-state index in [1.54, 1.807) is 0 Å². The molecule has 0 fully saturated rings. The highest BCUT2D eigenvalue weighted by molar-refractivity contribution is 7.93. The van der Waals surface area contributed by atoms with Gasteiger partial charge in [-0.15, -0.1) is 9.15 Å². The largest absolute Gasteiger partial charge is 0.404 e. The summed E-state index contributed by atoms with van der Waals surface area (Å²) in [5.74, 6) is -4.18. The van der Waals surface area contributed by atoms with Crippen molar-refractivity contribution in [3.8, 4) is 0 Å². The van der Waals surface area contributed by atoms with Gasteiger partial charge in [0.15, 0.2) is 0 Å². The maximum Gasteiger partial charge on any atom is 0.404 e. The molecule has 28 nitrogen and oxygen atoms in total. The molecular weight excluding hydrogens is 1120 g/mol. The number of hydrogen-bond donors (Lipinski definition) is 7. The van der Waals surface area contributed by atoms with E-state index >= 15 is 8.42 Å². The summed E-state index contributed by atoms with van der Waals surface area (Å²) in [6.45, 7) is 0. The minimum absolute atomic E-state index is 0.0164. The minimum Gasteiger partial charge on any atom is -0.368 e. The summed E-state index contributed by atoms with van der Waals surface area (Å²) >= 11 is 5.94. The molecule has 9 heterocycles. The van der Waals surface area contributed by atoms with E-state index < -0.39 is 97.8 Å². The lowest BCUT2D eigenvalue weighted by molar-refractivity contribution is -0.790. The van der Waals surface area contributed by atoms with Gasteiger partial charge >= 0.3 is 5.91 Å². The number of fused-ring (bicyclic) bond motifs is 12. The van der Waals surface area contributed by atoms with Gasteiger partial charge in [-0.3, -0.25) is 22.9 Å². The number of nitrogens with one attached hydrogen (secondary N) is 2. The standard InChI is InChI=1S/C42H21ClN14O14S5/c43-39-50-40(44)52-41(51-39)45-21-15-16(13-14-22(21)73(60,61)62)53-72(58,59)23-9-1-5-17-27(23)35-46-32-18-6-2-10-24(74(63,64)65)28(18)37-48-34-20-8-4-12-26(76(69,70)71)30(20)38-49-33-19-7-3-11-25(75(66,67)68)29(19)36-47-31(17)54(35)42(55(32)37,56(33)36)57(34)38/h1-15,53H,(H5-2,44,45,50,51,52,60,61,62,63,64,65,66,67,68,69,70,71)/p+2. The highest BCUT2D eigenvalue weighted by atomic mass is 35.5. The number of anilines is 4. The molecule has 380 valence electrons. The van der Waals surface area contributed by atoms with Crippen molar-refractivity contribution in [3.63, 3.8) is 0 Å². The van der Waals surface area contributed by atoms with Crippen LogP contribution in [0.5, 0.6) is 0 Å². The van der Waals surface area contributed by atoms with Gasteiger partial charge in [0.25, 0.3) is 73.8 Å². The Hall–Kier alpha value is -8.25. The Bertz CT molecular complexity index is 5150. The van der Waals surface area contributed by atoms with Crippen LogP contribution in [0, 0.1) is 0 Å². The lowest BCUT2D eigenvalue weighted by Gasteiger charge is -2.40. The second-order valence-electron chi connectivity index (χ2n) is 17.3. The Morgan fingerprint density at radius 1 is 0.553 bits per heavy atom. The molecule has 0 amide bonds. The van der Waals surface area contributed by atoms with Crippen molar-refractivity contribution in [1.29, 1.82) is 0 Å². The normalized spacial score (nSPS) is 17.6. The molecule has 0 bridgehead atoms. The van der Waals surface area contributed by atoms with Gasteiger partial charge in [-0.05, 0) is 78.3 Å². The van der Waals surface area contributed by atoms with Gasteiger partial charge in [-0.1, -0.05) is 44.2 Å². The quantitative estimate of drug-likeness (QED) is 0.0798. The van der Waals surface area contributed by atoms with Gasteiger partial charge in [0, 0.05) is 10.8 Å². The summed E-state index contributed by atoms with van der Waals surface area (Å²) in [5.41, 5.74) is 4.16. The summed E-state index contributed by atoms with van der Waals surface area (Å²) in [6.07, 6.45) is 0. The molecule has 0 aliphatic carbocycles. The predicted molar refractivity (Wildman–Crippen MR) is 263 cm³/mol. The lowest BCUT2D eigenvalue weighted by atomic mass is 10.1. The Labute approximate surface area is 428 Å². The first-order chi connectivity index (χ1) is 35.8. The van der Waals surface area contributed by atoms with E-state index in [9.17, 15) is 51.9 Å². The van der Waals surface area contributed by atoms with Crippen molar-refractivity contribution in [2.75, 3.05) is 15.8 Å². The Kier molecular flexibility index (Phi) is 8.75. The van der Waals surface area contributed by atoms with Gasteiger partial charge in [0.05, 0.1) is 44.4 Å². The molecule has 14 rings (SSSR count). The van der Waals surface area contributed by atoms with E-state index in [0.29, 0.717) is 0 Å². The number of nitrogen functional groups attached to an aromatic ring is 1. The molecule has 1 spiro atoms. The Morgan fingerprint density at radius 2 is 1.14 bits per heavy atom. The van der Waals surface area contributed by atoms with Crippen LogP contribution in [0.2, 0.25) is 5.28 Å². The van der Waals surface area contributed by atoms with E-state index in [4.69, 9.17) is 37.3 Å². The van der Waals surface area contributed by atoms with Crippen LogP contribution in [0.25, 0.3) is 21.5 Å². The SMILES string of the molecule is Nc1nc(Cl)nc(Nc2cc(NS(=O)(=O)c3cccc4c5n6c(c34)=NC3=[N+]4C(=Nc7c8cccc(S(=O)(=O)O)c8c8n7C64[N+]4=C(N=5)c5c(cccc5S(=O)(=O)O)C4=N8)c4c3cccc4S(=O)(=O)O)ccc2S(=O)(=O)O)n1. The summed E-state index contributed by atoms with van der Waals surface area (Å²) in [4.78, 5) is 28.1. The Balaban J connectivity index is 1.12. The number of hydrogen-bond acceptors (Lipinski definition) is 19. The third kappa shape index (κ3) is 5.92. The zero-order valence-corrected chi connectivity index (χ0v) is 41.8. The van der Waals surface area contributed by atoms with Crippen LogP contribution in [-0.2, 0) is 56.4 Å². The maximum atomic E-state index is 15.2. The molecule has 76 heavy (non-hydrogen) atoms. The second-order valence-corrected chi connectivity index (χ2v) is 24.9. The molecular formula is C42H23ClN14O14S5+2. The molecule has 34 heteroatoms. The number of benzene rings is 5. The number of amidine groups is 4. The zero-order chi connectivity index (χ0) is 53.3. The molecule has 0 saturated heterocycles. The number of aromatic nitrogens is 5. The van der Waals surface area contributed by atoms with Crippen LogP contribution in [0.15, 0.2) is 135 Å². The van der Waals surface area contributed by atoms with E-state index in [1.165, 1.54) is 72.9 Å². The van der Waals surface area contributed by atoms with Crippen molar-refractivity contribution in [1.82, 2.24) is 24.1 Å². The summed E-state index contributed by atoms with van der Waals surface area (Å²) in [6, 6.07) is 18.5. The summed E-state index contributed by atoms with van der Waals surface area (Å²) in [7, 11) is -25.3. The van der Waals surface area contributed by atoms with Crippen LogP contribution >= 0.6 is 11.6 Å². The first-order valence-electron chi connectivity index (χ1n) is 21.4. The molecule has 1 unspecified atom stereocenters. The van der Waals surface area contributed by atoms with E-state index in [-0.39, 0.29) is 101 Å². The number of halogens is 1. The molecule has 0 saturated carbocycles.